The Labute approximate surface area is 85.3 Å². The molecule has 1 fully saturated rings. The molecule has 0 radical (unpaired) electrons. The summed E-state index contributed by atoms with van der Waals surface area (Å²) in [5, 5.41) is 0. The summed E-state index contributed by atoms with van der Waals surface area (Å²) in [7, 11) is 0. The molecule has 1 aromatic carbocycles. The van der Waals surface area contributed by atoms with Gasteiger partial charge < -0.3 is 5.73 Å². The van der Waals surface area contributed by atoms with Crippen LogP contribution in [0.15, 0.2) is 18.2 Å². The Hall–Kier alpha value is -0.820. The lowest BCUT2D eigenvalue weighted by molar-refractivity contribution is 0.513. The van der Waals surface area contributed by atoms with E-state index in [1.165, 1.54) is 24.8 Å². The lowest BCUT2D eigenvalue weighted by Gasteiger charge is -2.09. The maximum absolute atomic E-state index is 6.18. The number of nitrogens with two attached hydrogens (primary N) is 1. The van der Waals surface area contributed by atoms with Crippen LogP contribution in [0.3, 0.4) is 0 Å². The molecule has 1 saturated carbocycles. The fourth-order valence-electron chi connectivity index (χ4n) is 2.70. The molecule has 3 rings (SSSR count). The van der Waals surface area contributed by atoms with Crippen molar-refractivity contribution in [3.63, 3.8) is 0 Å². The lowest BCUT2D eigenvalue weighted by atomic mass is 9.99. The first-order valence-corrected chi connectivity index (χ1v) is 5.64. The molecule has 0 spiro atoms. The molecule has 0 aromatic heterocycles. The monoisotopic (exact) mass is 187 g/mol. The molecule has 2 atom stereocenters. The van der Waals surface area contributed by atoms with Gasteiger partial charge in [0.15, 0.2) is 0 Å². The summed E-state index contributed by atoms with van der Waals surface area (Å²) in [5.74, 6) is 1.49. The summed E-state index contributed by atoms with van der Waals surface area (Å²) in [6.07, 6.45) is 3.98. The van der Waals surface area contributed by atoms with Gasteiger partial charge in [0.1, 0.15) is 0 Å². The standard InChI is InChI=1S/C13H17N/c1-8-7-12-10(9-5-6-9)3-2-4-11(12)13(8)14/h2-4,8-9,13H,5-7,14H2,1H3. The lowest BCUT2D eigenvalue weighted by Crippen LogP contribution is -2.13. The van der Waals surface area contributed by atoms with Crippen LogP contribution in [0.4, 0.5) is 0 Å². The van der Waals surface area contributed by atoms with Crippen molar-refractivity contribution in [1.82, 2.24) is 0 Å². The fraction of sp³-hybridized carbons (Fsp3) is 0.538. The molecule has 2 unspecified atom stereocenters. The van der Waals surface area contributed by atoms with E-state index in [9.17, 15) is 0 Å². The predicted octanol–water partition coefficient (Wildman–Crippen LogP) is 2.76. The zero-order valence-electron chi connectivity index (χ0n) is 8.66. The smallest absolute Gasteiger partial charge is 0.0326 e. The van der Waals surface area contributed by atoms with Gasteiger partial charge in [-0.3, -0.25) is 0 Å². The van der Waals surface area contributed by atoms with Crippen LogP contribution < -0.4 is 5.73 Å². The van der Waals surface area contributed by atoms with Crippen LogP contribution in [0.2, 0.25) is 0 Å². The van der Waals surface area contributed by atoms with Gasteiger partial charge >= 0.3 is 0 Å². The van der Waals surface area contributed by atoms with E-state index in [0.717, 1.165) is 5.92 Å². The first-order chi connectivity index (χ1) is 6.77. The van der Waals surface area contributed by atoms with Crippen LogP contribution in [0.5, 0.6) is 0 Å². The molecule has 0 saturated heterocycles. The van der Waals surface area contributed by atoms with Crippen LogP contribution in [-0.2, 0) is 6.42 Å². The maximum Gasteiger partial charge on any atom is 0.0326 e. The SMILES string of the molecule is CC1Cc2c(C3CC3)cccc2C1N. The van der Waals surface area contributed by atoms with Crippen molar-refractivity contribution in [1.29, 1.82) is 0 Å². The third-order valence-corrected chi connectivity index (χ3v) is 3.76. The first kappa shape index (κ1) is 8.49. The van der Waals surface area contributed by atoms with Crippen molar-refractivity contribution >= 4 is 0 Å². The number of hydrogen-bond donors (Lipinski definition) is 1. The molecule has 2 aliphatic rings. The highest BCUT2D eigenvalue weighted by atomic mass is 14.7. The molecule has 0 bridgehead atoms. The average Bonchev–Trinajstić information content (AvgIpc) is 2.96. The van der Waals surface area contributed by atoms with E-state index in [1.54, 1.807) is 11.1 Å². The Morgan fingerprint density at radius 1 is 1.21 bits per heavy atom. The van der Waals surface area contributed by atoms with Crippen molar-refractivity contribution < 1.29 is 0 Å². The van der Waals surface area contributed by atoms with E-state index < -0.39 is 0 Å². The van der Waals surface area contributed by atoms with Crippen LogP contribution in [0.25, 0.3) is 0 Å². The molecule has 2 N–H and O–H groups in total. The molecular weight excluding hydrogens is 170 g/mol. The van der Waals surface area contributed by atoms with Crippen LogP contribution in [0.1, 0.15) is 48.4 Å². The highest BCUT2D eigenvalue weighted by molar-refractivity contribution is 5.44. The summed E-state index contributed by atoms with van der Waals surface area (Å²) >= 11 is 0. The Balaban J connectivity index is 2.10. The molecule has 0 heterocycles. The maximum atomic E-state index is 6.18. The number of fused-ring (bicyclic) bond motifs is 1. The van der Waals surface area contributed by atoms with Crippen LogP contribution in [-0.4, -0.2) is 0 Å². The molecule has 74 valence electrons. The Bertz CT molecular complexity index is 365. The summed E-state index contributed by atoms with van der Waals surface area (Å²) < 4.78 is 0. The van der Waals surface area contributed by atoms with Gasteiger partial charge in [0.2, 0.25) is 0 Å². The predicted molar refractivity (Wildman–Crippen MR) is 58.2 cm³/mol. The van der Waals surface area contributed by atoms with Crippen molar-refractivity contribution in [2.75, 3.05) is 0 Å². The molecule has 1 nitrogen and oxygen atoms in total. The van der Waals surface area contributed by atoms with Crippen LogP contribution >= 0.6 is 0 Å². The van der Waals surface area contributed by atoms with E-state index in [-0.39, 0.29) is 6.04 Å². The minimum atomic E-state index is 0.281. The summed E-state index contributed by atoms with van der Waals surface area (Å²) in [4.78, 5) is 0. The van der Waals surface area contributed by atoms with E-state index in [2.05, 4.69) is 25.1 Å². The van der Waals surface area contributed by atoms with Crippen molar-refractivity contribution in [3.8, 4) is 0 Å². The highest BCUT2D eigenvalue weighted by Gasteiger charge is 2.33. The third kappa shape index (κ3) is 1.12. The van der Waals surface area contributed by atoms with E-state index >= 15 is 0 Å². The van der Waals surface area contributed by atoms with Gasteiger partial charge in [-0.05, 0) is 47.8 Å². The summed E-state index contributed by atoms with van der Waals surface area (Å²) in [5.41, 5.74) is 10.8. The molecule has 2 aliphatic carbocycles. The zero-order chi connectivity index (χ0) is 9.71. The summed E-state index contributed by atoms with van der Waals surface area (Å²) in [6, 6.07) is 6.99. The van der Waals surface area contributed by atoms with E-state index in [4.69, 9.17) is 5.73 Å². The number of benzene rings is 1. The zero-order valence-corrected chi connectivity index (χ0v) is 8.66. The normalized spacial score (nSPS) is 30.4. The minimum Gasteiger partial charge on any atom is -0.324 e. The van der Waals surface area contributed by atoms with E-state index in [0.29, 0.717) is 5.92 Å². The number of hydrogen-bond acceptors (Lipinski definition) is 1. The fourth-order valence-corrected chi connectivity index (χ4v) is 2.70. The first-order valence-electron chi connectivity index (χ1n) is 5.64. The largest absolute Gasteiger partial charge is 0.324 e. The van der Waals surface area contributed by atoms with Gasteiger partial charge in [0.05, 0.1) is 0 Å². The Kier molecular flexibility index (Phi) is 1.72. The van der Waals surface area contributed by atoms with Crippen molar-refractivity contribution in [3.05, 3.63) is 34.9 Å². The third-order valence-electron chi connectivity index (χ3n) is 3.76. The molecule has 0 amide bonds. The highest BCUT2D eigenvalue weighted by Crippen LogP contribution is 2.46. The molecule has 1 heteroatoms. The average molecular weight is 187 g/mol. The van der Waals surface area contributed by atoms with Crippen molar-refractivity contribution in [2.45, 2.75) is 38.1 Å². The van der Waals surface area contributed by atoms with E-state index in [1.807, 2.05) is 0 Å². The Morgan fingerprint density at radius 2 is 1.93 bits per heavy atom. The van der Waals surface area contributed by atoms with Gasteiger partial charge in [-0.15, -0.1) is 0 Å². The molecule has 0 aliphatic heterocycles. The minimum absolute atomic E-state index is 0.281. The number of rotatable bonds is 1. The second-order valence-electron chi connectivity index (χ2n) is 4.90. The second kappa shape index (κ2) is 2.83. The van der Waals surface area contributed by atoms with Gasteiger partial charge in [0.25, 0.3) is 0 Å². The second-order valence-corrected chi connectivity index (χ2v) is 4.90. The van der Waals surface area contributed by atoms with Crippen LogP contribution in [0, 0.1) is 5.92 Å². The van der Waals surface area contributed by atoms with Gasteiger partial charge in [-0.25, -0.2) is 0 Å². The van der Waals surface area contributed by atoms with Gasteiger partial charge in [-0.2, -0.15) is 0 Å². The van der Waals surface area contributed by atoms with Gasteiger partial charge in [-0.1, -0.05) is 25.1 Å². The van der Waals surface area contributed by atoms with Gasteiger partial charge in [0, 0.05) is 6.04 Å². The quantitative estimate of drug-likeness (QED) is 0.718. The molecule has 1 aromatic rings. The Morgan fingerprint density at radius 3 is 2.64 bits per heavy atom. The molecular formula is C13H17N. The topological polar surface area (TPSA) is 26.0 Å². The molecule has 14 heavy (non-hydrogen) atoms. The van der Waals surface area contributed by atoms with Crippen molar-refractivity contribution in [2.24, 2.45) is 11.7 Å². The summed E-state index contributed by atoms with van der Waals surface area (Å²) in [6.45, 7) is 2.27.